The lowest BCUT2D eigenvalue weighted by Crippen LogP contribution is -2.52. The van der Waals surface area contributed by atoms with Gasteiger partial charge in [-0.1, -0.05) is 42.5 Å². The summed E-state index contributed by atoms with van der Waals surface area (Å²) in [5, 5.41) is 37.7. The van der Waals surface area contributed by atoms with Gasteiger partial charge in [-0.25, -0.2) is 0 Å². The Kier molecular flexibility index (Phi) is 4.60. The molecule has 3 aromatic rings. The number of fused-ring (bicyclic) bond motifs is 3. The lowest BCUT2D eigenvalue weighted by Gasteiger charge is -2.40. The van der Waals surface area contributed by atoms with Crippen molar-refractivity contribution in [3.63, 3.8) is 0 Å². The summed E-state index contributed by atoms with van der Waals surface area (Å²) in [6.07, 6.45) is 0.151. The van der Waals surface area contributed by atoms with Crippen molar-refractivity contribution < 1.29 is 19.7 Å². The van der Waals surface area contributed by atoms with Crippen LogP contribution in [-0.2, 0) is 23.0 Å². The molecule has 2 aliphatic rings. The fraction of sp³-hybridized carbons (Fsp3) is 0.320. The fourth-order valence-corrected chi connectivity index (χ4v) is 5.52. The molecule has 0 spiro atoms. The SMILES string of the molecule is CN(C)C(=O)C1C(O)C2(O)c3nn(C)cc3OC2(c2ccc(C#N)cc2)C1c1ccccc1. The molecule has 5 atom stereocenters. The van der Waals surface area contributed by atoms with Crippen molar-refractivity contribution in [3.05, 3.63) is 83.2 Å². The maximum atomic E-state index is 13.4. The van der Waals surface area contributed by atoms with Gasteiger partial charge in [0.2, 0.25) is 5.91 Å². The summed E-state index contributed by atoms with van der Waals surface area (Å²) in [6, 6.07) is 18.1. The summed E-state index contributed by atoms with van der Waals surface area (Å²) in [5.74, 6) is -1.72. The van der Waals surface area contributed by atoms with Crippen molar-refractivity contribution in [2.75, 3.05) is 14.1 Å². The van der Waals surface area contributed by atoms with Crippen LogP contribution >= 0.6 is 0 Å². The number of aliphatic hydroxyl groups excluding tert-OH is 1. The van der Waals surface area contributed by atoms with E-state index < -0.39 is 29.1 Å². The number of hydrogen-bond acceptors (Lipinski definition) is 6. The Bertz CT molecular complexity index is 1260. The van der Waals surface area contributed by atoms with Gasteiger partial charge in [-0.3, -0.25) is 9.48 Å². The number of benzene rings is 2. The van der Waals surface area contributed by atoms with Crippen LogP contribution in [0.4, 0.5) is 0 Å². The maximum absolute atomic E-state index is 13.4. The standard InChI is InChI=1S/C25H24N4O4/c1-28(2)23(31)19-20(16-7-5-4-6-8-16)25(17-11-9-15(13-26)10-12-17)24(32,22(19)30)21-18(33-25)14-29(3)27-21/h4-12,14,19-20,22,30,32H,1-3H3. The van der Waals surface area contributed by atoms with E-state index in [1.807, 2.05) is 30.3 Å². The van der Waals surface area contributed by atoms with Gasteiger partial charge in [0.05, 0.1) is 23.7 Å². The third kappa shape index (κ3) is 2.64. The van der Waals surface area contributed by atoms with Crippen molar-refractivity contribution in [1.29, 1.82) is 5.26 Å². The van der Waals surface area contributed by atoms with Crippen molar-refractivity contribution in [2.24, 2.45) is 13.0 Å². The minimum atomic E-state index is -2.01. The minimum absolute atomic E-state index is 0.192. The molecule has 2 heterocycles. The molecule has 1 fully saturated rings. The Morgan fingerprint density at radius 1 is 1.18 bits per heavy atom. The lowest BCUT2D eigenvalue weighted by molar-refractivity contribution is -0.158. The van der Waals surface area contributed by atoms with Gasteiger partial charge in [-0.2, -0.15) is 10.4 Å². The number of rotatable bonds is 3. The van der Waals surface area contributed by atoms with E-state index in [-0.39, 0.29) is 11.6 Å². The molecule has 1 saturated carbocycles. The highest BCUT2D eigenvalue weighted by Gasteiger charge is 2.78. The number of hydrogen-bond donors (Lipinski definition) is 2. The summed E-state index contributed by atoms with van der Waals surface area (Å²) in [4.78, 5) is 14.9. The topological polar surface area (TPSA) is 112 Å². The number of nitrogens with zero attached hydrogens (tertiary/aromatic N) is 4. The van der Waals surface area contributed by atoms with Gasteiger partial charge in [0.25, 0.3) is 0 Å². The van der Waals surface area contributed by atoms with Crippen LogP contribution in [0.3, 0.4) is 0 Å². The number of carbonyl (C=O) groups is 1. The number of aryl methyl sites for hydroxylation is 1. The molecule has 1 aliphatic heterocycles. The molecule has 8 nitrogen and oxygen atoms in total. The van der Waals surface area contributed by atoms with E-state index in [0.29, 0.717) is 16.9 Å². The largest absolute Gasteiger partial charge is 0.475 e. The predicted molar refractivity (Wildman–Crippen MR) is 118 cm³/mol. The zero-order valence-corrected chi connectivity index (χ0v) is 18.5. The van der Waals surface area contributed by atoms with Gasteiger partial charge in [-0.15, -0.1) is 0 Å². The number of ether oxygens (including phenoxy) is 1. The highest BCUT2D eigenvalue weighted by molar-refractivity contribution is 5.82. The van der Waals surface area contributed by atoms with Crippen LogP contribution in [0, 0.1) is 17.2 Å². The Morgan fingerprint density at radius 3 is 2.45 bits per heavy atom. The quantitative estimate of drug-likeness (QED) is 0.635. The van der Waals surface area contributed by atoms with Gasteiger partial charge < -0.3 is 19.8 Å². The smallest absolute Gasteiger partial charge is 0.228 e. The summed E-state index contributed by atoms with van der Waals surface area (Å²) >= 11 is 0. The number of aliphatic hydroxyl groups is 2. The average Bonchev–Trinajstić information content (AvgIpc) is 3.37. The zero-order chi connectivity index (χ0) is 23.5. The van der Waals surface area contributed by atoms with E-state index in [4.69, 9.17) is 4.74 Å². The van der Waals surface area contributed by atoms with Crippen LogP contribution in [0.15, 0.2) is 60.8 Å². The van der Waals surface area contributed by atoms with Crippen molar-refractivity contribution in [2.45, 2.75) is 23.2 Å². The molecular weight excluding hydrogens is 420 g/mol. The Labute approximate surface area is 191 Å². The molecule has 5 rings (SSSR count). The zero-order valence-electron chi connectivity index (χ0n) is 18.5. The molecule has 8 heteroatoms. The molecule has 0 bridgehead atoms. The van der Waals surface area contributed by atoms with Crippen LogP contribution in [0.5, 0.6) is 5.75 Å². The molecule has 1 aliphatic carbocycles. The molecule has 5 unspecified atom stereocenters. The number of amides is 1. The van der Waals surface area contributed by atoms with E-state index in [0.717, 1.165) is 5.56 Å². The van der Waals surface area contributed by atoms with Crippen LogP contribution in [-0.4, -0.2) is 51.0 Å². The first-order valence-corrected chi connectivity index (χ1v) is 10.7. The molecule has 33 heavy (non-hydrogen) atoms. The second kappa shape index (κ2) is 7.17. The minimum Gasteiger partial charge on any atom is -0.475 e. The van der Waals surface area contributed by atoms with Gasteiger partial charge in [-0.05, 0) is 23.3 Å². The van der Waals surface area contributed by atoms with E-state index in [1.165, 1.54) is 9.58 Å². The third-order valence-corrected chi connectivity index (χ3v) is 6.89. The lowest BCUT2D eigenvalue weighted by atomic mass is 9.71. The van der Waals surface area contributed by atoms with Crippen LogP contribution < -0.4 is 4.74 Å². The molecule has 0 saturated heterocycles. The normalized spacial score (nSPS) is 29.6. The first-order chi connectivity index (χ1) is 15.8. The molecule has 1 amide bonds. The first-order valence-electron chi connectivity index (χ1n) is 10.7. The van der Waals surface area contributed by atoms with Crippen molar-refractivity contribution in [3.8, 4) is 11.8 Å². The van der Waals surface area contributed by atoms with E-state index in [2.05, 4.69) is 11.2 Å². The average molecular weight is 444 g/mol. The summed E-state index contributed by atoms with van der Waals surface area (Å²) in [5.41, 5.74) is -1.61. The fourth-order valence-electron chi connectivity index (χ4n) is 5.52. The predicted octanol–water partition coefficient (Wildman–Crippen LogP) is 1.63. The van der Waals surface area contributed by atoms with Crippen LogP contribution in [0.2, 0.25) is 0 Å². The third-order valence-electron chi connectivity index (χ3n) is 6.89. The number of nitriles is 1. The van der Waals surface area contributed by atoms with Crippen molar-refractivity contribution >= 4 is 5.91 Å². The van der Waals surface area contributed by atoms with Gasteiger partial charge in [0, 0.05) is 27.1 Å². The second-order valence-corrected chi connectivity index (χ2v) is 8.90. The Balaban J connectivity index is 1.85. The molecule has 0 radical (unpaired) electrons. The monoisotopic (exact) mass is 444 g/mol. The first kappa shape index (κ1) is 21.2. The van der Waals surface area contributed by atoms with Gasteiger partial charge in [0.1, 0.15) is 11.8 Å². The van der Waals surface area contributed by atoms with Gasteiger partial charge >= 0.3 is 0 Å². The molecule has 1 aromatic heterocycles. The summed E-state index contributed by atoms with van der Waals surface area (Å²) in [7, 11) is 4.94. The van der Waals surface area contributed by atoms with Crippen LogP contribution in [0.1, 0.15) is 28.3 Å². The van der Waals surface area contributed by atoms with Crippen LogP contribution in [0.25, 0.3) is 0 Å². The number of carbonyl (C=O) groups excluding carboxylic acids is 1. The molecular formula is C25H24N4O4. The van der Waals surface area contributed by atoms with Gasteiger partial charge in [0.15, 0.2) is 17.0 Å². The maximum Gasteiger partial charge on any atom is 0.228 e. The number of aromatic nitrogens is 2. The summed E-state index contributed by atoms with van der Waals surface area (Å²) in [6.45, 7) is 0. The Hall–Kier alpha value is -3.67. The molecule has 2 aromatic carbocycles. The highest BCUT2D eigenvalue weighted by Crippen LogP contribution is 2.68. The summed E-state index contributed by atoms with van der Waals surface area (Å²) < 4.78 is 8.06. The Morgan fingerprint density at radius 2 is 1.85 bits per heavy atom. The second-order valence-electron chi connectivity index (χ2n) is 8.90. The highest BCUT2D eigenvalue weighted by atomic mass is 16.5. The molecule has 2 N–H and O–H groups in total. The van der Waals surface area contributed by atoms with E-state index >= 15 is 0 Å². The van der Waals surface area contributed by atoms with E-state index in [1.54, 1.807) is 51.6 Å². The van der Waals surface area contributed by atoms with E-state index in [9.17, 15) is 20.3 Å². The molecule has 168 valence electrons. The van der Waals surface area contributed by atoms with Crippen molar-refractivity contribution in [1.82, 2.24) is 14.7 Å².